The van der Waals surface area contributed by atoms with Crippen molar-refractivity contribution >= 4 is 11.3 Å². The molecule has 0 aliphatic heterocycles. The zero-order valence-corrected chi connectivity index (χ0v) is 14.0. The molecule has 0 amide bonds. The Labute approximate surface area is 131 Å². The van der Waals surface area contributed by atoms with Crippen LogP contribution in [-0.4, -0.2) is 4.98 Å². The van der Waals surface area contributed by atoms with Crippen LogP contribution >= 0.6 is 11.3 Å². The molecule has 0 unspecified atom stereocenters. The molecule has 1 aliphatic carbocycles. The van der Waals surface area contributed by atoms with Crippen molar-refractivity contribution in [1.82, 2.24) is 10.3 Å². The molecule has 0 radical (unpaired) electrons. The van der Waals surface area contributed by atoms with Gasteiger partial charge in [-0.1, -0.05) is 45.0 Å². The minimum atomic E-state index is 0.228. The fraction of sp³-hybridized carbons (Fsp3) is 0.500. The van der Waals surface area contributed by atoms with E-state index in [2.05, 4.69) is 55.7 Å². The van der Waals surface area contributed by atoms with Crippen molar-refractivity contribution < 1.29 is 0 Å². The van der Waals surface area contributed by atoms with Crippen LogP contribution in [0.5, 0.6) is 0 Å². The van der Waals surface area contributed by atoms with Crippen molar-refractivity contribution in [3.63, 3.8) is 0 Å². The molecular formula is C18H24N2S. The Morgan fingerprint density at radius 1 is 1.14 bits per heavy atom. The Hall–Kier alpha value is -1.19. The molecule has 112 valence electrons. The van der Waals surface area contributed by atoms with E-state index in [1.54, 1.807) is 0 Å². The van der Waals surface area contributed by atoms with Crippen LogP contribution in [0.1, 0.15) is 61.4 Å². The fourth-order valence-electron chi connectivity index (χ4n) is 2.38. The zero-order valence-electron chi connectivity index (χ0n) is 13.1. The van der Waals surface area contributed by atoms with Crippen LogP contribution in [0.15, 0.2) is 29.6 Å². The topological polar surface area (TPSA) is 24.9 Å². The summed E-state index contributed by atoms with van der Waals surface area (Å²) in [5.41, 5.74) is 4.14. The quantitative estimate of drug-likeness (QED) is 0.872. The van der Waals surface area contributed by atoms with Crippen molar-refractivity contribution in [3.8, 4) is 0 Å². The van der Waals surface area contributed by atoms with Crippen LogP contribution in [0.2, 0.25) is 0 Å². The molecule has 3 heteroatoms. The number of benzene rings is 1. The number of nitrogens with zero attached hydrogens (tertiary/aromatic N) is 1. The van der Waals surface area contributed by atoms with Gasteiger partial charge in [0, 0.05) is 24.4 Å². The highest BCUT2D eigenvalue weighted by molar-refractivity contribution is 7.09. The van der Waals surface area contributed by atoms with Crippen LogP contribution in [0.3, 0.4) is 0 Å². The Morgan fingerprint density at radius 2 is 1.86 bits per heavy atom. The van der Waals surface area contributed by atoms with Gasteiger partial charge in [0.1, 0.15) is 0 Å². The van der Waals surface area contributed by atoms with Crippen LogP contribution in [0, 0.1) is 0 Å². The SMILES string of the molecule is CC(C)(C)c1ccc(CNCc2csc(C3CC3)n2)cc1. The Kier molecular flexibility index (Phi) is 4.14. The third-order valence-electron chi connectivity index (χ3n) is 3.95. The molecule has 0 spiro atoms. The molecule has 1 saturated carbocycles. The Balaban J connectivity index is 1.50. The van der Waals surface area contributed by atoms with Gasteiger partial charge in [-0.15, -0.1) is 11.3 Å². The first-order valence-electron chi connectivity index (χ1n) is 7.77. The minimum absolute atomic E-state index is 0.228. The number of aromatic nitrogens is 1. The second kappa shape index (κ2) is 5.90. The molecule has 1 N–H and O–H groups in total. The third kappa shape index (κ3) is 3.92. The summed E-state index contributed by atoms with van der Waals surface area (Å²) in [5.74, 6) is 0.772. The van der Waals surface area contributed by atoms with Gasteiger partial charge in [-0.2, -0.15) is 0 Å². The second-order valence-electron chi connectivity index (χ2n) is 7.00. The summed E-state index contributed by atoms with van der Waals surface area (Å²) in [6.07, 6.45) is 2.67. The van der Waals surface area contributed by atoms with Crippen molar-refractivity contribution in [2.45, 2.75) is 58.0 Å². The lowest BCUT2D eigenvalue weighted by atomic mass is 9.87. The monoisotopic (exact) mass is 300 g/mol. The standard InChI is InChI=1S/C18H24N2S/c1-18(2,3)15-8-4-13(5-9-15)10-19-11-16-12-21-17(20-16)14-6-7-14/h4-5,8-9,12,14,19H,6-7,10-11H2,1-3H3. The van der Waals surface area contributed by atoms with E-state index in [-0.39, 0.29) is 5.41 Å². The van der Waals surface area contributed by atoms with E-state index in [9.17, 15) is 0 Å². The first-order chi connectivity index (χ1) is 10.0. The molecule has 2 aromatic rings. The summed E-state index contributed by atoms with van der Waals surface area (Å²) < 4.78 is 0. The van der Waals surface area contributed by atoms with Gasteiger partial charge in [0.15, 0.2) is 0 Å². The summed E-state index contributed by atoms with van der Waals surface area (Å²) in [6.45, 7) is 8.52. The second-order valence-corrected chi connectivity index (χ2v) is 7.89. The van der Waals surface area contributed by atoms with Gasteiger partial charge in [-0.25, -0.2) is 4.98 Å². The summed E-state index contributed by atoms with van der Waals surface area (Å²) in [5, 5.41) is 7.03. The predicted octanol–water partition coefficient (Wildman–Crippen LogP) is 4.61. The number of thiazole rings is 1. The molecule has 21 heavy (non-hydrogen) atoms. The maximum atomic E-state index is 4.71. The molecule has 1 aliphatic rings. The lowest BCUT2D eigenvalue weighted by Gasteiger charge is -2.19. The third-order valence-corrected chi connectivity index (χ3v) is 5.01. The van der Waals surface area contributed by atoms with Gasteiger partial charge in [-0.3, -0.25) is 0 Å². The molecule has 1 fully saturated rings. The van der Waals surface area contributed by atoms with Gasteiger partial charge in [0.25, 0.3) is 0 Å². The fourth-order valence-corrected chi connectivity index (χ4v) is 3.37. The molecule has 0 bridgehead atoms. The Morgan fingerprint density at radius 3 is 2.48 bits per heavy atom. The van der Waals surface area contributed by atoms with E-state index in [0.29, 0.717) is 0 Å². The highest BCUT2D eigenvalue weighted by Gasteiger charge is 2.26. The van der Waals surface area contributed by atoms with Crippen LogP contribution < -0.4 is 5.32 Å². The first kappa shape index (κ1) is 14.7. The molecule has 2 nitrogen and oxygen atoms in total. The van der Waals surface area contributed by atoms with E-state index >= 15 is 0 Å². The van der Waals surface area contributed by atoms with Gasteiger partial charge in [-0.05, 0) is 29.4 Å². The average Bonchev–Trinajstić information content (AvgIpc) is 3.19. The normalized spacial score (nSPS) is 15.4. The molecule has 3 rings (SSSR count). The van der Waals surface area contributed by atoms with Gasteiger partial charge >= 0.3 is 0 Å². The molecule has 1 aromatic carbocycles. The van der Waals surface area contributed by atoms with Crippen molar-refractivity contribution in [2.24, 2.45) is 0 Å². The number of hydrogen-bond acceptors (Lipinski definition) is 3. The van der Waals surface area contributed by atoms with E-state index in [0.717, 1.165) is 19.0 Å². The summed E-state index contributed by atoms with van der Waals surface area (Å²) in [7, 11) is 0. The molecule has 0 atom stereocenters. The lowest BCUT2D eigenvalue weighted by Crippen LogP contribution is -2.14. The van der Waals surface area contributed by atoms with Crippen molar-refractivity contribution in [2.75, 3.05) is 0 Å². The molecule has 1 aromatic heterocycles. The summed E-state index contributed by atoms with van der Waals surface area (Å²) in [4.78, 5) is 4.71. The van der Waals surface area contributed by atoms with Crippen LogP contribution in [-0.2, 0) is 18.5 Å². The Bertz CT molecular complexity index is 588. The highest BCUT2D eigenvalue weighted by atomic mass is 32.1. The van der Waals surface area contributed by atoms with Crippen molar-refractivity contribution in [1.29, 1.82) is 0 Å². The zero-order chi connectivity index (χ0) is 14.9. The van der Waals surface area contributed by atoms with Gasteiger partial charge in [0.2, 0.25) is 0 Å². The number of hydrogen-bond donors (Lipinski definition) is 1. The largest absolute Gasteiger partial charge is 0.307 e. The summed E-state index contributed by atoms with van der Waals surface area (Å²) in [6, 6.07) is 8.94. The van der Waals surface area contributed by atoms with E-state index < -0.39 is 0 Å². The van der Waals surface area contributed by atoms with E-state index in [1.807, 2.05) is 11.3 Å². The van der Waals surface area contributed by atoms with Crippen LogP contribution in [0.25, 0.3) is 0 Å². The lowest BCUT2D eigenvalue weighted by molar-refractivity contribution is 0.589. The summed E-state index contributed by atoms with van der Waals surface area (Å²) >= 11 is 1.82. The number of nitrogens with one attached hydrogen (secondary N) is 1. The van der Waals surface area contributed by atoms with Crippen molar-refractivity contribution in [3.05, 3.63) is 51.5 Å². The number of rotatable bonds is 5. The smallest absolute Gasteiger partial charge is 0.0959 e. The minimum Gasteiger partial charge on any atom is -0.307 e. The highest BCUT2D eigenvalue weighted by Crippen LogP contribution is 2.41. The maximum absolute atomic E-state index is 4.71. The first-order valence-corrected chi connectivity index (χ1v) is 8.65. The van der Waals surface area contributed by atoms with E-state index in [1.165, 1.54) is 34.7 Å². The maximum Gasteiger partial charge on any atom is 0.0959 e. The molecule has 1 heterocycles. The van der Waals surface area contributed by atoms with Gasteiger partial charge in [0.05, 0.1) is 10.7 Å². The van der Waals surface area contributed by atoms with Crippen LogP contribution in [0.4, 0.5) is 0 Å². The molecule has 0 saturated heterocycles. The van der Waals surface area contributed by atoms with Gasteiger partial charge < -0.3 is 5.32 Å². The average molecular weight is 300 g/mol. The molecular weight excluding hydrogens is 276 g/mol. The van der Waals surface area contributed by atoms with E-state index in [4.69, 9.17) is 4.98 Å². The predicted molar refractivity (Wildman–Crippen MR) is 89.8 cm³/mol.